The van der Waals surface area contributed by atoms with Crippen LogP contribution in [0.25, 0.3) is 0 Å². The van der Waals surface area contributed by atoms with E-state index in [0.29, 0.717) is 11.6 Å². The summed E-state index contributed by atoms with van der Waals surface area (Å²) in [6, 6.07) is 17.0. The summed E-state index contributed by atoms with van der Waals surface area (Å²) in [4.78, 5) is 19.2. The van der Waals surface area contributed by atoms with Crippen LogP contribution in [-0.4, -0.2) is 18.1 Å². The summed E-state index contributed by atoms with van der Waals surface area (Å²) in [5.74, 6) is 7.70. The zero-order valence-electron chi connectivity index (χ0n) is 17.6. The van der Waals surface area contributed by atoms with Crippen LogP contribution >= 0.6 is 11.6 Å². The topological polar surface area (TPSA) is 54.5 Å². The molecular formula is C26H22ClN3O2. The van der Waals surface area contributed by atoms with Crippen molar-refractivity contribution in [1.29, 1.82) is 0 Å². The molecule has 0 bridgehead atoms. The number of amides is 2. The zero-order valence-corrected chi connectivity index (χ0v) is 18.4. The van der Waals surface area contributed by atoms with E-state index in [4.69, 9.17) is 16.3 Å². The molecule has 1 aliphatic carbocycles. The molecule has 5 nitrogen and oxygen atoms in total. The molecule has 2 aromatic carbocycles. The molecule has 2 heterocycles. The van der Waals surface area contributed by atoms with Crippen molar-refractivity contribution >= 4 is 23.3 Å². The summed E-state index contributed by atoms with van der Waals surface area (Å²) < 4.78 is 5.25. The van der Waals surface area contributed by atoms with Gasteiger partial charge in [-0.3, -0.25) is 9.88 Å². The Morgan fingerprint density at radius 2 is 1.91 bits per heavy atom. The van der Waals surface area contributed by atoms with Crippen LogP contribution in [-0.2, 0) is 12.1 Å². The van der Waals surface area contributed by atoms with E-state index in [-0.39, 0.29) is 11.9 Å². The predicted octanol–water partition coefficient (Wildman–Crippen LogP) is 5.13. The van der Waals surface area contributed by atoms with Crippen molar-refractivity contribution in [1.82, 2.24) is 10.3 Å². The second-order valence-electron chi connectivity index (χ2n) is 8.09. The number of rotatable bonds is 4. The zero-order chi connectivity index (χ0) is 22.1. The summed E-state index contributed by atoms with van der Waals surface area (Å²) >= 11 is 6.42. The van der Waals surface area contributed by atoms with Crippen LogP contribution in [0.5, 0.6) is 5.75 Å². The third-order valence-electron chi connectivity index (χ3n) is 6.00. The number of carbonyl (C=O) groups excluding carboxylic acids is 1. The Bertz CT molecular complexity index is 1210. The molecule has 1 aliphatic heterocycles. The molecule has 3 aromatic rings. The first kappa shape index (κ1) is 20.4. The number of fused-ring (bicyclic) bond motifs is 1. The highest BCUT2D eigenvalue weighted by atomic mass is 35.5. The number of ether oxygens (including phenoxy) is 1. The maximum Gasteiger partial charge on any atom is 0.323 e. The van der Waals surface area contributed by atoms with Gasteiger partial charge in [0, 0.05) is 28.5 Å². The number of hydrogen-bond donors (Lipinski definition) is 1. The lowest BCUT2D eigenvalue weighted by molar-refractivity contribution is 0.231. The molecule has 1 aromatic heterocycles. The van der Waals surface area contributed by atoms with Gasteiger partial charge >= 0.3 is 6.03 Å². The number of nitrogens with zero attached hydrogens (tertiary/aromatic N) is 2. The lowest BCUT2D eigenvalue weighted by Crippen LogP contribution is -2.56. The number of aromatic nitrogens is 1. The average Bonchev–Trinajstić information content (AvgIpc) is 3.67. The Kier molecular flexibility index (Phi) is 5.24. The van der Waals surface area contributed by atoms with Gasteiger partial charge in [0.05, 0.1) is 19.3 Å². The van der Waals surface area contributed by atoms with Gasteiger partial charge in [-0.2, -0.15) is 0 Å². The second-order valence-corrected chi connectivity index (χ2v) is 8.53. The number of benzene rings is 2. The van der Waals surface area contributed by atoms with Crippen LogP contribution in [0.3, 0.4) is 0 Å². The first-order chi connectivity index (χ1) is 15.6. The Balaban J connectivity index is 1.58. The standard InChI is InChI=1S/C26H22ClN3O2/c1-32-22-7-2-19(3-8-22)17-30-24-9-6-21(27)16-23(24)26(20-4-5-20,29-25(30)31)13-10-18-11-14-28-15-12-18/h2-3,6-9,11-12,14-16,20H,4-5,17H2,1H3,(H,29,31). The van der Waals surface area contributed by atoms with Crippen molar-refractivity contribution in [3.05, 3.63) is 88.7 Å². The van der Waals surface area contributed by atoms with Gasteiger partial charge in [0.2, 0.25) is 0 Å². The van der Waals surface area contributed by atoms with Crippen LogP contribution in [0.15, 0.2) is 67.0 Å². The van der Waals surface area contributed by atoms with E-state index in [1.807, 2.05) is 54.6 Å². The summed E-state index contributed by atoms with van der Waals surface area (Å²) in [6.45, 7) is 0.434. The minimum absolute atomic E-state index is 0.161. The number of carbonyl (C=O) groups is 1. The molecule has 5 rings (SSSR count). The molecule has 160 valence electrons. The van der Waals surface area contributed by atoms with E-state index in [0.717, 1.165) is 41.0 Å². The fourth-order valence-corrected chi connectivity index (χ4v) is 4.36. The molecule has 1 N–H and O–H groups in total. The minimum atomic E-state index is -0.767. The largest absolute Gasteiger partial charge is 0.497 e. The third kappa shape index (κ3) is 3.79. The predicted molar refractivity (Wildman–Crippen MR) is 125 cm³/mol. The van der Waals surface area contributed by atoms with E-state index in [2.05, 4.69) is 22.1 Å². The van der Waals surface area contributed by atoms with Gasteiger partial charge in [-0.15, -0.1) is 0 Å². The second kappa shape index (κ2) is 8.22. The minimum Gasteiger partial charge on any atom is -0.497 e. The summed E-state index contributed by atoms with van der Waals surface area (Å²) in [7, 11) is 1.64. The highest BCUT2D eigenvalue weighted by molar-refractivity contribution is 6.30. The van der Waals surface area contributed by atoms with Gasteiger partial charge in [-0.05, 0) is 66.8 Å². The quantitative estimate of drug-likeness (QED) is 0.569. The summed E-state index contributed by atoms with van der Waals surface area (Å²) in [5, 5.41) is 3.88. The number of urea groups is 1. The Morgan fingerprint density at radius 1 is 1.16 bits per heavy atom. The monoisotopic (exact) mass is 443 g/mol. The van der Waals surface area contributed by atoms with Crippen molar-refractivity contribution in [2.24, 2.45) is 5.92 Å². The number of halogens is 1. The van der Waals surface area contributed by atoms with Crippen molar-refractivity contribution in [2.45, 2.75) is 24.9 Å². The van der Waals surface area contributed by atoms with E-state index in [9.17, 15) is 4.79 Å². The molecule has 0 spiro atoms. The highest BCUT2D eigenvalue weighted by Gasteiger charge is 2.51. The van der Waals surface area contributed by atoms with Crippen LogP contribution < -0.4 is 15.0 Å². The number of anilines is 1. The van der Waals surface area contributed by atoms with Crippen LogP contribution in [0, 0.1) is 17.8 Å². The average molecular weight is 444 g/mol. The SMILES string of the molecule is COc1ccc(CN2C(=O)NC(C#Cc3ccncc3)(C3CC3)c3cc(Cl)ccc32)cc1. The van der Waals surface area contributed by atoms with E-state index in [1.165, 1.54) is 0 Å². The van der Waals surface area contributed by atoms with Crippen LogP contribution in [0.2, 0.25) is 5.02 Å². The summed E-state index contributed by atoms with van der Waals surface area (Å²) in [5.41, 5.74) is 2.88. The first-order valence-electron chi connectivity index (χ1n) is 10.5. The molecule has 1 saturated carbocycles. The van der Waals surface area contributed by atoms with Crippen molar-refractivity contribution in [3.63, 3.8) is 0 Å². The van der Waals surface area contributed by atoms with Gasteiger partial charge in [0.15, 0.2) is 0 Å². The molecule has 1 fully saturated rings. The molecule has 2 amide bonds. The van der Waals surface area contributed by atoms with Crippen molar-refractivity contribution in [3.8, 4) is 17.6 Å². The Morgan fingerprint density at radius 3 is 2.59 bits per heavy atom. The van der Waals surface area contributed by atoms with E-state index < -0.39 is 5.54 Å². The number of nitrogens with one attached hydrogen (secondary N) is 1. The molecular weight excluding hydrogens is 422 g/mol. The maximum atomic E-state index is 13.4. The smallest absolute Gasteiger partial charge is 0.323 e. The lowest BCUT2D eigenvalue weighted by atomic mass is 9.82. The van der Waals surface area contributed by atoms with Gasteiger partial charge in [0.25, 0.3) is 0 Å². The highest BCUT2D eigenvalue weighted by Crippen LogP contribution is 2.50. The molecule has 0 saturated heterocycles. The normalized spacial score (nSPS) is 19.4. The molecule has 6 heteroatoms. The number of methoxy groups -OCH3 is 1. The third-order valence-corrected chi connectivity index (χ3v) is 6.23. The van der Waals surface area contributed by atoms with Gasteiger partial charge < -0.3 is 10.1 Å². The Hall–Kier alpha value is -3.49. The molecule has 0 radical (unpaired) electrons. The number of pyridine rings is 1. The van der Waals surface area contributed by atoms with E-state index >= 15 is 0 Å². The maximum absolute atomic E-state index is 13.4. The molecule has 1 unspecified atom stereocenters. The van der Waals surface area contributed by atoms with Crippen LogP contribution in [0.1, 0.15) is 29.5 Å². The molecule has 1 atom stereocenters. The van der Waals surface area contributed by atoms with Gasteiger partial charge in [-0.25, -0.2) is 4.79 Å². The molecule has 32 heavy (non-hydrogen) atoms. The van der Waals surface area contributed by atoms with Gasteiger partial charge in [0.1, 0.15) is 11.3 Å². The summed E-state index contributed by atoms with van der Waals surface area (Å²) in [6.07, 6.45) is 5.45. The lowest BCUT2D eigenvalue weighted by Gasteiger charge is -2.41. The first-order valence-corrected chi connectivity index (χ1v) is 10.9. The van der Waals surface area contributed by atoms with Crippen LogP contribution in [0.4, 0.5) is 10.5 Å². The van der Waals surface area contributed by atoms with Crippen molar-refractivity contribution in [2.75, 3.05) is 12.0 Å². The fourth-order valence-electron chi connectivity index (χ4n) is 4.19. The number of hydrogen-bond acceptors (Lipinski definition) is 3. The van der Waals surface area contributed by atoms with Crippen molar-refractivity contribution < 1.29 is 9.53 Å². The van der Waals surface area contributed by atoms with E-state index in [1.54, 1.807) is 24.4 Å². The fraction of sp³-hybridized carbons (Fsp3) is 0.231. The Labute approximate surface area is 192 Å². The molecule has 2 aliphatic rings. The van der Waals surface area contributed by atoms with Gasteiger partial charge in [-0.1, -0.05) is 35.6 Å².